The Morgan fingerprint density at radius 1 is 1.23 bits per heavy atom. The van der Waals surface area contributed by atoms with Crippen LogP contribution in [0.4, 0.5) is 4.39 Å². The molecule has 22 heavy (non-hydrogen) atoms. The quantitative estimate of drug-likeness (QED) is 0.433. The molecular weight excluding hydrogens is 322 g/mol. The maximum Gasteiger partial charge on any atom is 0.148 e. The van der Waals surface area contributed by atoms with E-state index >= 15 is 0 Å². The van der Waals surface area contributed by atoms with Gasteiger partial charge in [-0.3, -0.25) is 4.90 Å². The second-order valence-electron chi connectivity index (χ2n) is 5.63. The first-order valence-corrected chi connectivity index (χ1v) is 8.59. The fraction of sp³-hybridized carbons (Fsp3) is 0.529. The minimum Gasteiger partial charge on any atom is -0.314 e. The summed E-state index contributed by atoms with van der Waals surface area (Å²) in [6.07, 6.45) is 5.87. The predicted octanol–water partition coefficient (Wildman–Crippen LogP) is 4.83. The second-order valence-corrected chi connectivity index (χ2v) is 6.45. The van der Waals surface area contributed by atoms with E-state index in [-0.39, 0.29) is 16.9 Å². The van der Waals surface area contributed by atoms with Crippen LogP contribution in [0.15, 0.2) is 24.8 Å². The van der Waals surface area contributed by atoms with E-state index in [2.05, 4.69) is 16.8 Å². The van der Waals surface area contributed by atoms with Crippen molar-refractivity contribution in [2.75, 3.05) is 26.2 Å². The Labute approximate surface area is 142 Å². The van der Waals surface area contributed by atoms with Gasteiger partial charge in [0.15, 0.2) is 0 Å². The highest BCUT2D eigenvalue weighted by Crippen LogP contribution is 2.36. The Bertz CT molecular complexity index is 502. The van der Waals surface area contributed by atoms with Crippen LogP contribution >= 0.6 is 23.2 Å². The summed E-state index contributed by atoms with van der Waals surface area (Å²) in [5.74, 6) is -0.374. The van der Waals surface area contributed by atoms with Crippen molar-refractivity contribution in [1.82, 2.24) is 10.2 Å². The molecule has 0 amide bonds. The van der Waals surface area contributed by atoms with Gasteiger partial charge in [-0.15, -0.1) is 6.58 Å². The molecule has 1 heterocycles. The van der Waals surface area contributed by atoms with Gasteiger partial charge in [-0.1, -0.05) is 35.7 Å². The van der Waals surface area contributed by atoms with Gasteiger partial charge in [0.2, 0.25) is 0 Å². The van der Waals surface area contributed by atoms with Crippen LogP contribution in [0.25, 0.3) is 0 Å². The molecule has 1 N–H and O–H groups in total. The van der Waals surface area contributed by atoms with Crippen molar-refractivity contribution >= 4 is 23.2 Å². The van der Waals surface area contributed by atoms with E-state index in [0.29, 0.717) is 10.6 Å². The Morgan fingerprint density at radius 3 is 2.59 bits per heavy atom. The lowest BCUT2D eigenvalue weighted by atomic mass is 9.97. The minimum absolute atomic E-state index is 0.0156. The molecule has 2 nitrogen and oxygen atoms in total. The molecule has 1 atom stereocenters. The molecule has 0 spiro atoms. The minimum atomic E-state index is -0.374. The van der Waals surface area contributed by atoms with Gasteiger partial charge in [-0.05, 0) is 31.4 Å². The van der Waals surface area contributed by atoms with E-state index in [1.54, 1.807) is 6.07 Å². The van der Waals surface area contributed by atoms with Crippen molar-refractivity contribution in [1.29, 1.82) is 0 Å². The van der Waals surface area contributed by atoms with Gasteiger partial charge < -0.3 is 5.32 Å². The number of benzene rings is 1. The molecule has 0 aromatic heterocycles. The smallest absolute Gasteiger partial charge is 0.148 e. The van der Waals surface area contributed by atoms with E-state index in [9.17, 15) is 4.39 Å². The monoisotopic (exact) mass is 344 g/mol. The largest absolute Gasteiger partial charge is 0.314 e. The van der Waals surface area contributed by atoms with Gasteiger partial charge in [0.1, 0.15) is 5.82 Å². The molecule has 1 aromatic rings. The van der Waals surface area contributed by atoms with Crippen LogP contribution < -0.4 is 5.32 Å². The van der Waals surface area contributed by atoms with Gasteiger partial charge >= 0.3 is 0 Å². The molecule has 0 bridgehead atoms. The number of halogens is 3. The van der Waals surface area contributed by atoms with Gasteiger partial charge in [0.25, 0.3) is 0 Å². The Morgan fingerprint density at radius 2 is 1.91 bits per heavy atom. The molecule has 1 aliphatic heterocycles. The van der Waals surface area contributed by atoms with E-state index in [1.807, 2.05) is 6.08 Å². The van der Waals surface area contributed by atoms with Gasteiger partial charge in [-0.2, -0.15) is 0 Å². The second kappa shape index (κ2) is 8.88. The first-order valence-electron chi connectivity index (χ1n) is 7.84. The van der Waals surface area contributed by atoms with Crippen molar-refractivity contribution in [3.05, 3.63) is 46.2 Å². The topological polar surface area (TPSA) is 15.3 Å². The van der Waals surface area contributed by atoms with Gasteiger partial charge in [-0.25, -0.2) is 4.39 Å². The molecule has 1 fully saturated rings. The highest BCUT2D eigenvalue weighted by Gasteiger charge is 2.27. The number of hydrogen-bond donors (Lipinski definition) is 1. The lowest BCUT2D eigenvalue weighted by Crippen LogP contribution is -2.45. The van der Waals surface area contributed by atoms with Crippen LogP contribution in [0.3, 0.4) is 0 Å². The van der Waals surface area contributed by atoms with Crippen molar-refractivity contribution in [2.45, 2.75) is 31.7 Å². The van der Waals surface area contributed by atoms with Crippen molar-refractivity contribution in [2.24, 2.45) is 0 Å². The fourth-order valence-electron chi connectivity index (χ4n) is 2.98. The predicted molar refractivity (Wildman–Crippen MR) is 92.3 cm³/mol. The number of unbranched alkanes of at least 4 members (excludes halogenated alkanes) is 2. The Hall–Kier alpha value is -0.610. The lowest BCUT2D eigenvalue weighted by Gasteiger charge is -2.36. The van der Waals surface area contributed by atoms with Gasteiger partial charge in [0.05, 0.1) is 5.02 Å². The Balaban J connectivity index is 2.22. The third-order valence-corrected chi connectivity index (χ3v) is 4.76. The molecule has 5 heteroatoms. The summed E-state index contributed by atoms with van der Waals surface area (Å²) in [7, 11) is 0. The third-order valence-electron chi connectivity index (χ3n) is 4.14. The molecule has 1 aromatic carbocycles. The number of rotatable bonds is 7. The van der Waals surface area contributed by atoms with Crippen LogP contribution in [0.2, 0.25) is 10.0 Å². The summed E-state index contributed by atoms with van der Waals surface area (Å²) in [5, 5.41) is 3.94. The maximum absolute atomic E-state index is 14.6. The molecule has 0 saturated carbocycles. The van der Waals surface area contributed by atoms with Crippen LogP contribution in [0, 0.1) is 5.82 Å². The normalized spacial score (nSPS) is 17.4. The average Bonchev–Trinajstić information content (AvgIpc) is 2.54. The molecular formula is C17H23Cl2FN2. The first-order chi connectivity index (χ1) is 10.6. The van der Waals surface area contributed by atoms with Crippen LogP contribution in [-0.2, 0) is 0 Å². The highest BCUT2D eigenvalue weighted by molar-refractivity contribution is 6.33. The molecule has 1 aliphatic rings. The third kappa shape index (κ3) is 4.45. The maximum atomic E-state index is 14.6. The average molecular weight is 345 g/mol. The molecule has 0 aliphatic carbocycles. The summed E-state index contributed by atoms with van der Waals surface area (Å²) in [5.41, 5.74) is 0.551. The highest BCUT2D eigenvalue weighted by atomic mass is 35.5. The number of piperazine rings is 1. The standard InChI is InChI=1S/C17H23Cl2FN2/c1-2-3-4-5-6-15(22-11-9-21-10-12-22)16-13(18)7-8-14(19)17(16)20/h2,7-8,15,21H,1,3-6,9-12H2/t15-/m0/s1. The van der Waals surface area contributed by atoms with Crippen molar-refractivity contribution < 1.29 is 4.39 Å². The summed E-state index contributed by atoms with van der Waals surface area (Å²) in [4.78, 5) is 2.31. The zero-order valence-corrected chi connectivity index (χ0v) is 14.3. The fourth-order valence-corrected chi connectivity index (χ4v) is 3.41. The van der Waals surface area contributed by atoms with Crippen LogP contribution in [-0.4, -0.2) is 31.1 Å². The zero-order valence-electron chi connectivity index (χ0n) is 12.8. The van der Waals surface area contributed by atoms with Crippen LogP contribution in [0.5, 0.6) is 0 Å². The number of allylic oxidation sites excluding steroid dienone is 1. The van der Waals surface area contributed by atoms with Crippen molar-refractivity contribution in [3.8, 4) is 0 Å². The first kappa shape index (κ1) is 17.7. The van der Waals surface area contributed by atoms with E-state index in [1.165, 1.54) is 6.07 Å². The lowest BCUT2D eigenvalue weighted by molar-refractivity contribution is 0.160. The molecule has 0 radical (unpaired) electrons. The number of nitrogens with one attached hydrogen (secondary N) is 1. The summed E-state index contributed by atoms with van der Waals surface area (Å²) < 4.78 is 14.6. The van der Waals surface area contributed by atoms with Crippen LogP contribution in [0.1, 0.15) is 37.3 Å². The number of hydrogen-bond acceptors (Lipinski definition) is 2. The SMILES string of the molecule is C=CCCCC[C@@H](c1c(Cl)ccc(Cl)c1F)N1CCNCC1. The van der Waals surface area contributed by atoms with E-state index in [4.69, 9.17) is 23.2 Å². The Kier molecular flexibility index (Phi) is 7.16. The van der Waals surface area contributed by atoms with Crippen molar-refractivity contribution in [3.63, 3.8) is 0 Å². The summed E-state index contributed by atoms with van der Waals surface area (Å²) in [6.45, 7) is 7.38. The summed E-state index contributed by atoms with van der Waals surface area (Å²) in [6, 6.07) is 3.20. The summed E-state index contributed by atoms with van der Waals surface area (Å²) >= 11 is 12.3. The molecule has 1 saturated heterocycles. The van der Waals surface area contributed by atoms with E-state index < -0.39 is 0 Å². The molecule has 2 rings (SSSR count). The molecule has 122 valence electrons. The van der Waals surface area contributed by atoms with E-state index in [0.717, 1.165) is 51.9 Å². The molecule has 0 unspecified atom stereocenters. The van der Waals surface area contributed by atoms with Gasteiger partial charge in [0, 0.05) is 42.8 Å². The zero-order chi connectivity index (χ0) is 15.9. The number of nitrogens with zero attached hydrogens (tertiary/aromatic N) is 1.